The molecule has 0 aromatic carbocycles. The monoisotopic (exact) mass is 339 g/mol. The minimum atomic E-state index is -2.95. The van der Waals surface area contributed by atoms with Crippen molar-refractivity contribution in [3.63, 3.8) is 0 Å². The summed E-state index contributed by atoms with van der Waals surface area (Å²) < 4.78 is 31.6. The van der Waals surface area contributed by atoms with Crippen LogP contribution >= 0.6 is 0 Å². The molecule has 0 spiro atoms. The van der Waals surface area contributed by atoms with Gasteiger partial charge in [0.25, 0.3) is 0 Å². The van der Waals surface area contributed by atoms with Crippen LogP contribution in [0, 0.1) is 11.8 Å². The first-order valence-corrected chi connectivity index (χ1v) is 9.20. The Morgan fingerprint density at radius 1 is 1.38 bits per heavy atom. The molecule has 3 fully saturated rings. The first-order valence-electron chi connectivity index (χ1n) is 9.20. The van der Waals surface area contributed by atoms with E-state index in [-0.39, 0.29) is 11.2 Å². The van der Waals surface area contributed by atoms with Gasteiger partial charge in [0.2, 0.25) is 5.76 Å². The summed E-state index contributed by atoms with van der Waals surface area (Å²) in [5.41, 5.74) is 6.68. The van der Waals surface area contributed by atoms with E-state index in [1.165, 1.54) is 25.3 Å². The summed E-state index contributed by atoms with van der Waals surface area (Å²) in [5.74, 6) is -1.91. The van der Waals surface area contributed by atoms with E-state index in [1.807, 2.05) is 0 Å². The number of piperidine rings is 1. The number of likely N-dealkylation sites (tertiary alicyclic amines) is 1. The summed E-state index contributed by atoms with van der Waals surface area (Å²) >= 11 is 0. The van der Waals surface area contributed by atoms with E-state index in [0.29, 0.717) is 12.0 Å². The van der Waals surface area contributed by atoms with E-state index in [2.05, 4.69) is 10.1 Å². The summed E-state index contributed by atoms with van der Waals surface area (Å²) in [6, 6.07) is 1.88. The molecular formula is C18H27F2N3O. The zero-order chi connectivity index (χ0) is 16.9. The SMILES string of the molecule is CC(F)(F)c1cc([C@]23C[C@H]2CN(CCC2CCC(N)CC2)C3)no1. The molecule has 1 aromatic rings. The van der Waals surface area contributed by atoms with E-state index in [0.717, 1.165) is 57.4 Å². The highest BCUT2D eigenvalue weighted by atomic mass is 19.3. The second-order valence-electron chi connectivity index (χ2n) is 8.33. The van der Waals surface area contributed by atoms with Crippen LogP contribution in [0.2, 0.25) is 0 Å². The number of rotatable bonds is 5. The number of hydrogen-bond acceptors (Lipinski definition) is 4. The molecule has 1 aromatic heterocycles. The maximum Gasteiger partial charge on any atom is 0.304 e. The Bertz CT molecular complexity index is 591. The Balaban J connectivity index is 1.33. The van der Waals surface area contributed by atoms with Gasteiger partial charge in [-0.25, -0.2) is 0 Å². The first-order chi connectivity index (χ1) is 11.4. The van der Waals surface area contributed by atoms with Gasteiger partial charge in [-0.15, -0.1) is 0 Å². The molecule has 0 radical (unpaired) electrons. The van der Waals surface area contributed by atoms with Gasteiger partial charge in [0.05, 0.1) is 5.69 Å². The van der Waals surface area contributed by atoms with Gasteiger partial charge in [-0.3, -0.25) is 0 Å². The number of alkyl halides is 2. The second-order valence-corrected chi connectivity index (χ2v) is 8.33. The molecular weight excluding hydrogens is 312 g/mol. The summed E-state index contributed by atoms with van der Waals surface area (Å²) in [4.78, 5) is 2.49. The fourth-order valence-corrected chi connectivity index (χ4v) is 4.71. The van der Waals surface area contributed by atoms with Gasteiger partial charge in [0, 0.05) is 37.5 Å². The van der Waals surface area contributed by atoms with Crippen LogP contribution in [0.15, 0.2) is 10.6 Å². The Morgan fingerprint density at radius 2 is 2.12 bits per heavy atom. The molecule has 2 aliphatic carbocycles. The quantitative estimate of drug-likeness (QED) is 0.894. The molecule has 6 heteroatoms. The lowest BCUT2D eigenvalue weighted by Gasteiger charge is -2.28. The van der Waals surface area contributed by atoms with Crippen LogP contribution in [0.25, 0.3) is 0 Å². The zero-order valence-corrected chi connectivity index (χ0v) is 14.3. The molecule has 134 valence electrons. The molecule has 4 nitrogen and oxygen atoms in total. The van der Waals surface area contributed by atoms with E-state index in [9.17, 15) is 8.78 Å². The lowest BCUT2D eigenvalue weighted by Crippen LogP contribution is -2.31. The third-order valence-electron chi connectivity index (χ3n) is 6.41. The number of nitrogens with zero attached hydrogens (tertiary/aromatic N) is 2. The van der Waals surface area contributed by atoms with Crippen molar-refractivity contribution >= 4 is 0 Å². The Morgan fingerprint density at radius 3 is 2.79 bits per heavy atom. The van der Waals surface area contributed by atoms with Gasteiger partial charge in [0.15, 0.2) is 0 Å². The van der Waals surface area contributed by atoms with Crippen molar-refractivity contribution in [3.8, 4) is 0 Å². The zero-order valence-electron chi connectivity index (χ0n) is 14.3. The van der Waals surface area contributed by atoms with Crippen molar-refractivity contribution in [1.29, 1.82) is 0 Å². The molecule has 0 unspecified atom stereocenters. The van der Waals surface area contributed by atoms with Crippen LogP contribution in [0.4, 0.5) is 8.78 Å². The molecule has 1 aliphatic heterocycles. The van der Waals surface area contributed by atoms with Crippen LogP contribution in [-0.4, -0.2) is 35.7 Å². The smallest absolute Gasteiger partial charge is 0.304 e. The molecule has 2 atom stereocenters. The van der Waals surface area contributed by atoms with Gasteiger partial charge in [-0.2, -0.15) is 8.78 Å². The number of aromatic nitrogens is 1. The normalized spacial score (nSPS) is 36.8. The minimum Gasteiger partial charge on any atom is -0.355 e. The summed E-state index contributed by atoms with van der Waals surface area (Å²) in [6.45, 7) is 3.96. The molecule has 2 saturated carbocycles. The van der Waals surface area contributed by atoms with E-state index < -0.39 is 5.92 Å². The maximum atomic E-state index is 13.4. The largest absolute Gasteiger partial charge is 0.355 e. The lowest BCUT2D eigenvalue weighted by molar-refractivity contribution is -0.0105. The van der Waals surface area contributed by atoms with E-state index in [1.54, 1.807) is 0 Å². The van der Waals surface area contributed by atoms with Crippen LogP contribution < -0.4 is 5.73 Å². The Kier molecular flexibility index (Phi) is 3.95. The van der Waals surface area contributed by atoms with Gasteiger partial charge >= 0.3 is 5.92 Å². The van der Waals surface area contributed by atoms with Crippen LogP contribution in [0.3, 0.4) is 0 Å². The van der Waals surface area contributed by atoms with Crippen LogP contribution in [0.1, 0.15) is 56.9 Å². The molecule has 0 amide bonds. The van der Waals surface area contributed by atoms with E-state index >= 15 is 0 Å². The average molecular weight is 339 g/mol. The van der Waals surface area contributed by atoms with Gasteiger partial charge in [0.1, 0.15) is 0 Å². The molecule has 2 heterocycles. The Labute approximate surface area is 141 Å². The first kappa shape index (κ1) is 16.5. The Hall–Kier alpha value is -1.01. The number of halogens is 2. The molecule has 3 aliphatic rings. The van der Waals surface area contributed by atoms with Crippen molar-refractivity contribution in [3.05, 3.63) is 17.5 Å². The highest BCUT2D eigenvalue weighted by Gasteiger charge is 2.62. The third-order valence-corrected chi connectivity index (χ3v) is 6.41. The predicted molar refractivity (Wildman–Crippen MR) is 86.8 cm³/mol. The van der Waals surface area contributed by atoms with Crippen molar-refractivity contribution in [2.75, 3.05) is 19.6 Å². The molecule has 4 rings (SSSR count). The van der Waals surface area contributed by atoms with E-state index in [4.69, 9.17) is 10.3 Å². The van der Waals surface area contributed by atoms with Crippen molar-refractivity contribution in [2.24, 2.45) is 17.6 Å². The second kappa shape index (κ2) is 5.77. The summed E-state index contributed by atoms with van der Waals surface area (Å²) in [7, 11) is 0. The lowest BCUT2D eigenvalue weighted by atomic mass is 9.84. The summed E-state index contributed by atoms with van der Waals surface area (Å²) in [5, 5.41) is 3.98. The fraction of sp³-hybridized carbons (Fsp3) is 0.833. The third kappa shape index (κ3) is 2.99. The number of fused-ring (bicyclic) bond motifs is 1. The predicted octanol–water partition coefficient (Wildman–Crippen LogP) is 3.27. The number of hydrogen-bond donors (Lipinski definition) is 1. The van der Waals surface area contributed by atoms with Crippen LogP contribution in [-0.2, 0) is 11.3 Å². The molecule has 24 heavy (non-hydrogen) atoms. The van der Waals surface area contributed by atoms with Gasteiger partial charge in [-0.05, 0) is 56.9 Å². The molecule has 1 saturated heterocycles. The standard InChI is InChI=1S/C18H27F2N3O/c1-17(19,20)16-8-15(22-24-16)18-9-13(18)10-23(11-18)7-6-12-2-4-14(21)5-3-12/h8,12-14H,2-7,9-11,21H2,1H3/t12?,13-,14?,18-/m0/s1. The fourth-order valence-electron chi connectivity index (χ4n) is 4.71. The topological polar surface area (TPSA) is 55.3 Å². The highest BCUT2D eigenvalue weighted by Crippen LogP contribution is 2.59. The highest BCUT2D eigenvalue weighted by molar-refractivity contribution is 5.32. The van der Waals surface area contributed by atoms with Crippen molar-refractivity contribution in [1.82, 2.24) is 10.1 Å². The maximum absolute atomic E-state index is 13.4. The van der Waals surface area contributed by atoms with Crippen LogP contribution in [0.5, 0.6) is 0 Å². The molecule has 2 N–H and O–H groups in total. The van der Waals surface area contributed by atoms with Crippen molar-refractivity contribution < 1.29 is 13.3 Å². The minimum absolute atomic E-state index is 0.0259. The summed E-state index contributed by atoms with van der Waals surface area (Å²) in [6.07, 6.45) is 7.10. The molecule has 0 bridgehead atoms. The average Bonchev–Trinajstić information content (AvgIpc) is 2.93. The van der Waals surface area contributed by atoms with Gasteiger partial charge < -0.3 is 15.2 Å². The van der Waals surface area contributed by atoms with Gasteiger partial charge in [-0.1, -0.05) is 5.16 Å². The van der Waals surface area contributed by atoms with Crippen molar-refractivity contribution in [2.45, 2.75) is 62.8 Å². The number of nitrogens with two attached hydrogens (primary N) is 1.